The average molecular weight is 774 g/mol. The van der Waals surface area contributed by atoms with E-state index in [0.717, 1.165) is 19.3 Å². The zero-order chi connectivity index (χ0) is 40.0. The molecule has 1 aromatic carbocycles. The number of rotatable bonds is 10. The molecular formula is C34H36F4N9O6P. The first kappa shape index (κ1) is 40.0. The summed E-state index contributed by atoms with van der Waals surface area (Å²) in [4.78, 5) is 38.5. The third-order valence-corrected chi connectivity index (χ3v) is 10.2. The minimum Gasteiger partial charge on any atom is -0.475 e. The van der Waals surface area contributed by atoms with Gasteiger partial charge in [-0.25, -0.2) is 19.0 Å². The summed E-state index contributed by atoms with van der Waals surface area (Å²) in [6.45, 7) is 9.11. The SMILES string of the molecule is Cc1nc(F)ccc1[C@@H](c1cn(C23CC(C2)C3)nn1)N(COP(=O)(O)O)c1cc(C#N)c2ncc(C#N)c(N[C@H](C)C(C)(C)C)c2c1.O=C(O)C(F)(F)F. The number of phosphoric acid groups is 1. The molecule has 0 radical (unpaired) electrons. The highest BCUT2D eigenvalue weighted by Crippen LogP contribution is 2.62. The van der Waals surface area contributed by atoms with E-state index < -0.39 is 38.7 Å². The van der Waals surface area contributed by atoms with Crippen molar-refractivity contribution < 1.29 is 46.3 Å². The Hall–Kier alpha value is -5.20. The molecule has 0 amide bonds. The number of alkyl halides is 3. The summed E-state index contributed by atoms with van der Waals surface area (Å²) in [6.07, 6.45) is 1.11. The smallest absolute Gasteiger partial charge is 0.475 e. The van der Waals surface area contributed by atoms with E-state index in [1.54, 1.807) is 19.2 Å². The van der Waals surface area contributed by atoms with Gasteiger partial charge in [0.15, 0.2) is 0 Å². The minimum absolute atomic E-state index is 0.107. The van der Waals surface area contributed by atoms with Gasteiger partial charge in [0.1, 0.15) is 30.6 Å². The third-order valence-electron chi connectivity index (χ3n) is 9.78. The molecule has 3 aromatic heterocycles. The monoisotopic (exact) mass is 773 g/mol. The van der Waals surface area contributed by atoms with E-state index in [9.17, 15) is 42.4 Å². The van der Waals surface area contributed by atoms with Crippen molar-refractivity contribution in [2.24, 2.45) is 11.3 Å². The van der Waals surface area contributed by atoms with E-state index in [1.165, 1.54) is 29.3 Å². The van der Waals surface area contributed by atoms with E-state index in [0.29, 0.717) is 45.1 Å². The molecule has 2 atom stereocenters. The summed E-state index contributed by atoms with van der Waals surface area (Å²) in [5, 5.41) is 40.3. The number of pyridine rings is 2. The van der Waals surface area contributed by atoms with Gasteiger partial charge < -0.3 is 25.1 Å². The molecule has 2 bridgehead atoms. The molecule has 20 heteroatoms. The van der Waals surface area contributed by atoms with Crippen LogP contribution < -0.4 is 10.2 Å². The molecule has 3 saturated carbocycles. The summed E-state index contributed by atoms with van der Waals surface area (Å²) in [5.41, 5.74) is 2.39. The van der Waals surface area contributed by atoms with Crippen LogP contribution in [0.1, 0.15) is 81.1 Å². The summed E-state index contributed by atoms with van der Waals surface area (Å²) in [5.74, 6) is -2.78. The van der Waals surface area contributed by atoms with Crippen LogP contribution in [-0.2, 0) is 19.4 Å². The fourth-order valence-electron chi connectivity index (χ4n) is 6.31. The molecule has 3 aliphatic rings. The Kier molecular flexibility index (Phi) is 10.8. The molecule has 3 fully saturated rings. The van der Waals surface area contributed by atoms with E-state index in [-0.39, 0.29) is 28.1 Å². The normalized spacial score (nSPS) is 18.9. The fraction of sp³-hybridized carbons (Fsp3) is 0.441. The second-order valence-electron chi connectivity index (χ2n) is 14.4. The van der Waals surface area contributed by atoms with Crippen molar-refractivity contribution in [3.05, 3.63) is 70.7 Å². The lowest BCUT2D eigenvalue weighted by Gasteiger charge is -2.61. The van der Waals surface area contributed by atoms with Gasteiger partial charge in [-0.15, -0.1) is 5.10 Å². The maximum absolute atomic E-state index is 14.3. The number of aromatic nitrogens is 5. The quantitative estimate of drug-likeness (QED) is 0.0622. The number of aliphatic carboxylic acids is 1. The van der Waals surface area contributed by atoms with Gasteiger partial charge in [0, 0.05) is 34.6 Å². The van der Waals surface area contributed by atoms with Gasteiger partial charge in [-0.2, -0.15) is 28.1 Å². The van der Waals surface area contributed by atoms with Crippen molar-refractivity contribution in [1.82, 2.24) is 25.0 Å². The first-order valence-electron chi connectivity index (χ1n) is 16.4. The summed E-state index contributed by atoms with van der Waals surface area (Å²) in [7, 11) is -5.01. The Balaban J connectivity index is 0.000000730. The number of nitrogens with one attached hydrogen (secondary N) is 1. The van der Waals surface area contributed by atoms with Crippen LogP contribution in [0, 0.1) is 46.9 Å². The van der Waals surface area contributed by atoms with Crippen molar-refractivity contribution >= 4 is 36.1 Å². The molecule has 54 heavy (non-hydrogen) atoms. The predicted octanol–water partition coefficient (Wildman–Crippen LogP) is 6.06. The molecule has 15 nitrogen and oxygen atoms in total. The van der Waals surface area contributed by atoms with Gasteiger partial charge in [-0.3, -0.25) is 9.51 Å². The van der Waals surface area contributed by atoms with Crippen LogP contribution in [0.3, 0.4) is 0 Å². The van der Waals surface area contributed by atoms with Crippen LogP contribution in [0.5, 0.6) is 0 Å². The lowest BCUT2D eigenvalue weighted by Crippen LogP contribution is -2.59. The van der Waals surface area contributed by atoms with Crippen molar-refractivity contribution in [2.75, 3.05) is 16.9 Å². The number of nitrogens with zero attached hydrogens (tertiary/aromatic N) is 8. The Morgan fingerprint density at radius 3 is 2.30 bits per heavy atom. The molecule has 0 aliphatic heterocycles. The van der Waals surface area contributed by atoms with Gasteiger partial charge in [0.05, 0.1) is 34.1 Å². The Morgan fingerprint density at radius 2 is 1.80 bits per heavy atom. The fourth-order valence-corrected chi connectivity index (χ4v) is 6.59. The molecule has 0 saturated heterocycles. The van der Waals surface area contributed by atoms with E-state index in [1.807, 2.05) is 11.6 Å². The number of hydrogen-bond acceptors (Lipinski definition) is 11. The van der Waals surface area contributed by atoms with Gasteiger partial charge in [0.2, 0.25) is 5.95 Å². The number of carboxylic acids is 1. The van der Waals surface area contributed by atoms with Crippen molar-refractivity contribution in [3.8, 4) is 12.1 Å². The number of phosphoric ester groups is 1. The highest BCUT2D eigenvalue weighted by atomic mass is 31.2. The van der Waals surface area contributed by atoms with Crippen LogP contribution in [0.4, 0.5) is 28.9 Å². The molecule has 3 heterocycles. The largest absolute Gasteiger partial charge is 0.490 e. The maximum atomic E-state index is 14.3. The van der Waals surface area contributed by atoms with Gasteiger partial charge in [-0.05, 0) is 62.6 Å². The van der Waals surface area contributed by atoms with E-state index in [4.69, 9.17) is 14.4 Å². The maximum Gasteiger partial charge on any atom is 0.490 e. The molecule has 286 valence electrons. The van der Waals surface area contributed by atoms with Crippen LogP contribution in [0.2, 0.25) is 0 Å². The summed E-state index contributed by atoms with van der Waals surface area (Å²) < 4.78 is 65.0. The molecule has 4 aromatic rings. The standard InChI is InChI=1S/C32H35FN9O4P.C2HF3O2/c1-18-24(6-7-27(33)37-18)30(26-16-42(40-39-26)32-10-20(11-32)12-32)41(17-46-47(43,44)45)23-8-21(13-34)28-25(9-23)29(22(14-35)15-36-28)38-19(2)31(3,4)5;3-2(4,5)1(6)7/h6-9,15-16,19-20,30H,10-12,17H2,1-5H3,(H,36,38)(H2,43,44,45);(H,6,7)/t19-,20?,30+,32?;/m1./s1. The third kappa shape index (κ3) is 8.29. The van der Waals surface area contributed by atoms with Crippen LogP contribution in [0.25, 0.3) is 10.9 Å². The number of hydrogen-bond donors (Lipinski definition) is 4. The number of benzene rings is 1. The minimum atomic E-state index is -5.08. The second-order valence-corrected chi connectivity index (χ2v) is 15.7. The lowest BCUT2D eigenvalue weighted by atomic mass is 9.50. The first-order chi connectivity index (χ1) is 25.1. The topological polar surface area (TPSA) is 223 Å². The zero-order valence-electron chi connectivity index (χ0n) is 29.6. The highest BCUT2D eigenvalue weighted by Gasteiger charge is 2.59. The van der Waals surface area contributed by atoms with Crippen LogP contribution in [0.15, 0.2) is 36.7 Å². The Morgan fingerprint density at radius 1 is 1.17 bits per heavy atom. The van der Waals surface area contributed by atoms with E-state index >= 15 is 0 Å². The Bertz CT molecular complexity index is 2210. The van der Waals surface area contributed by atoms with E-state index in [2.05, 4.69) is 58.5 Å². The molecule has 0 spiro atoms. The molecule has 4 N–H and O–H groups in total. The number of nitriles is 2. The lowest BCUT2D eigenvalue weighted by molar-refractivity contribution is -0.192. The number of carboxylic acid groups (broad SMARTS) is 1. The molecular weight excluding hydrogens is 737 g/mol. The number of carbonyl (C=O) groups is 1. The van der Waals surface area contributed by atoms with Crippen LogP contribution in [-0.4, -0.2) is 64.8 Å². The van der Waals surface area contributed by atoms with Crippen molar-refractivity contribution in [2.45, 2.75) is 77.7 Å². The number of aryl methyl sites for hydroxylation is 1. The molecule has 3 aliphatic carbocycles. The van der Waals surface area contributed by atoms with Gasteiger partial charge in [0.25, 0.3) is 0 Å². The molecule has 7 rings (SSSR count). The number of halogens is 4. The summed E-state index contributed by atoms with van der Waals surface area (Å²) >= 11 is 0. The van der Waals surface area contributed by atoms with Gasteiger partial charge >= 0.3 is 20.0 Å². The summed E-state index contributed by atoms with van der Waals surface area (Å²) in [6, 6.07) is 9.27. The average Bonchev–Trinajstić information content (AvgIpc) is 3.49. The number of fused-ring (bicyclic) bond motifs is 1. The Labute approximate surface area is 306 Å². The molecule has 0 unspecified atom stereocenters. The zero-order valence-corrected chi connectivity index (χ0v) is 30.5. The second kappa shape index (κ2) is 14.6. The highest BCUT2D eigenvalue weighted by molar-refractivity contribution is 7.46. The van der Waals surface area contributed by atoms with Crippen molar-refractivity contribution in [3.63, 3.8) is 0 Å². The van der Waals surface area contributed by atoms with Crippen LogP contribution >= 0.6 is 7.82 Å². The predicted molar refractivity (Wildman–Crippen MR) is 184 cm³/mol. The van der Waals surface area contributed by atoms with Gasteiger partial charge in [-0.1, -0.05) is 32.1 Å². The number of anilines is 2. The first-order valence-corrected chi connectivity index (χ1v) is 18.0. The van der Waals surface area contributed by atoms with Crippen molar-refractivity contribution in [1.29, 1.82) is 10.5 Å².